The summed E-state index contributed by atoms with van der Waals surface area (Å²) in [4.78, 5) is 19.1. The average molecular weight is 512 g/mol. The van der Waals surface area contributed by atoms with Crippen molar-refractivity contribution in [2.45, 2.75) is 11.1 Å². The van der Waals surface area contributed by atoms with Crippen LogP contribution >= 0.6 is 15.9 Å². The maximum absolute atomic E-state index is 13.5. The minimum Gasteiger partial charge on any atom is -0.352 e. The van der Waals surface area contributed by atoms with Crippen molar-refractivity contribution in [2.75, 3.05) is 31.1 Å². The first-order valence-corrected chi connectivity index (χ1v) is 10.7. The summed E-state index contributed by atoms with van der Waals surface area (Å²) in [6.07, 6.45) is -3.83. The van der Waals surface area contributed by atoms with E-state index in [1.54, 1.807) is 4.90 Å². The van der Waals surface area contributed by atoms with Gasteiger partial charge in [0.25, 0.3) is 16.0 Å². The molecule has 1 aliphatic heterocycles. The van der Waals surface area contributed by atoms with Crippen LogP contribution in [-0.4, -0.2) is 54.9 Å². The molecular weight excluding hydrogens is 498 g/mol. The summed E-state index contributed by atoms with van der Waals surface area (Å²) in [5, 5.41) is 0. The first-order chi connectivity index (χ1) is 13.9. The first-order valence-electron chi connectivity index (χ1n) is 8.42. The van der Waals surface area contributed by atoms with E-state index in [1.165, 1.54) is 4.90 Å². The number of carbonyl (C=O) groups excluding carboxylic acids is 1. The molecule has 0 spiro atoms. The van der Waals surface area contributed by atoms with Crippen LogP contribution in [0.25, 0.3) is 0 Å². The maximum atomic E-state index is 13.5. The zero-order chi connectivity index (χ0) is 22.3. The van der Waals surface area contributed by atoms with Gasteiger partial charge in [0, 0.05) is 26.2 Å². The fraction of sp³-hybridized carbons (Fsp3) is 0.294. The zero-order valence-electron chi connectivity index (χ0n) is 15.0. The topological polar surface area (TPSA) is 90.8 Å². The standard InChI is InChI=1S/C17H14BrF4N3O4S/c18-14-8-11(30(27,28)29)9-23-15(14)24-3-5-25(6-4-24)16(26)12-7-10(19)1-2-13(12)17(20,21)22/h1-2,7-9H,3-6H2,(H,27,28,29). The van der Waals surface area contributed by atoms with Crippen LogP contribution in [0.5, 0.6) is 0 Å². The lowest BCUT2D eigenvalue weighted by atomic mass is 10.0. The fourth-order valence-corrected chi connectivity index (χ4v) is 4.22. The Labute approximate surface area is 177 Å². The molecule has 0 atom stereocenters. The molecule has 1 aromatic heterocycles. The van der Waals surface area contributed by atoms with Gasteiger partial charge in [-0.25, -0.2) is 9.37 Å². The van der Waals surface area contributed by atoms with Gasteiger partial charge >= 0.3 is 6.18 Å². The molecular formula is C17H14BrF4N3O4S. The number of aromatic nitrogens is 1. The number of rotatable bonds is 3. The number of hydrogen-bond acceptors (Lipinski definition) is 5. The number of alkyl halides is 3. The van der Waals surface area contributed by atoms with Crippen molar-refractivity contribution in [3.63, 3.8) is 0 Å². The van der Waals surface area contributed by atoms with Crippen LogP contribution in [0.4, 0.5) is 23.4 Å². The number of anilines is 1. The molecule has 0 saturated carbocycles. The number of nitrogens with zero attached hydrogens (tertiary/aromatic N) is 3. The summed E-state index contributed by atoms with van der Waals surface area (Å²) < 4.78 is 84.7. The normalized spacial score (nSPS) is 15.4. The Bertz CT molecular complexity index is 1090. The second-order valence-corrected chi connectivity index (χ2v) is 8.69. The highest BCUT2D eigenvalue weighted by Gasteiger charge is 2.37. The third kappa shape index (κ3) is 4.73. The van der Waals surface area contributed by atoms with Crippen molar-refractivity contribution < 1.29 is 35.3 Å². The molecule has 1 amide bonds. The Kier molecular flexibility index (Phi) is 6.07. The van der Waals surface area contributed by atoms with Gasteiger partial charge in [-0.05, 0) is 40.2 Å². The molecule has 0 radical (unpaired) electrons. The monoisotopic (exact) mass is 511 g/mol. The Morgan fingerprint density at radius 2 is 1.77 bits per heavy atom. The molecule has 7 nitrogen and oxygen atoms in total. The predicted octanol–water partition coefficient (Wildman–Crippen LogP) is 3.21. The predicted molar refractivity (Wildman–Crippen MR) is 101 cm³/mol. The number of pyridine rings is 1. The van der Waals surface area contributed by atoms with Crippen molar-refractivity contribution >= 4 is 37.8 Å². The van der Waals surface area contributed by atoms with Gasteiger partial charge in [0.1, 0.15) is 16.5 Å². The van der Waals surface area contributed by atoms with Crippen LogP contribution in [0.3, 0.4) is 0 Å². The van der Waals surface area contributed by atoms with Gasteiger partial charge in [0.15, 0.2) is 0 Å². The Morgan fingerprint density at radius 3 is 2.30 bits per heavy atom. The van der Waals surface area contributed by atoms with E-state index in [2.05, 4.69) is 20.9 Å². The van der Waals surface area contributed by atoms with E-state index in [4.69, 9.17) is 4.55 Å². The number of carbonyl (C=O) groups is 1. The minimum atomic E-state index is -4.80. The van der Waals surface area contributed by atoms with Gasteiger partial charge in [-0.15, -0.1) is 0 Å². The van der Waals surface area contributed by atoms with E-state index in [-0.39, 0.29) is 30.7 Å². The lowest BCUT2D eigenvalue weighted by Crippen LogP contribution is -2.49. The third-order valence-electron chi connectivity index (χ3n) is 4.48. The lowest BCUT2D eigenvalue weighted by Gasteiger charge is -2.36. The van der Waals surface area contributed by atoms with Crippen LogP contribution in [-0.2, 0) is 16.3 Å². The number of hydrogen-bond donors (Lipinski definition) is 1. The molecule has 2 aromatic rings. The molecule has 162 valence electrons. The second kappa shape index (κ2) is 8.12. The largest absolute Gasteiger partial charge is 0.417 e. The molecule has 1 aliphatic rings. The second-order valence-electron chi connectivity index (χ2n) is 6.42. The molecule has 0 aliphatic carbocycles. The van der Waals surface area contributed by atoms with Gasteiger partial charge in [0.2, 0.25) is 0 Å². The summed E-state index contributed by atoms with van der Waals surface area (Å²) in [6, 6.07) is 2.93. The van der Waals surface area contributed by atoms with Crippen molar-refractivity contribution in [2.24, 2.45) is 0 Å². The smallest absolute Gasteiger partial charge is 0.352 e. The summed E-state index contributed by atoms with van der Waals surface area (Å²) in [7, 11) is -4.43. The van der Waals surface area contributed by atoms with Crippen LogP contribution in [0, 0.1) is 5.82 Å². The maximum Gasteiger partial charge on any atom is 0.417 e. The van der Waals surface area contributed by atoms with Gasteiger partial charge < -0.3 is 9.80 Å². The highest BCUT2D eigenvalue weighted by molar-refractivity contribution is 9.10. The molecule has 1 saturated heterocycles. The third-order valence-corrected chi connectivity index (χ3v) is 5.88. The van der Waals surface area contributed by atoms with Gasteiger partial charge in [-0.1, -0.05) is 0 Å². The molecule has 0 bridgehead atoms. The Morgan fingerprint density at radius 1 is 1.13 bits per heavy atom. The van der Waals surface area contributed by atoms with Gasteiger partial charge in [0.05, 0.1) is 21.8 Å². The molecule has 30 heavy (non-hydrogen) atoms. The summed E-state index contributed by atoms with van der Waals surface area (Å²) in [5.74, 6) is -1.54. The summed E-state index contributed by atoms with van der Waals surface area (Å²) >= 11 is 3.17. The highest BCUT2D eigenvalue weighted by atomic mass is 79.9. The van der Waals surface area contributed by atoms with Crippen LogP contribution in [0.1, 0.15) is 15.9 Å². The Balaban J connectivity index is 1.77. The summed E-state index contributed by atoms with van der Waals surface area (Å²) in [6.45, 7) is 0.472. The molecule has 0 unspecified atom stereocenters. The van der Waals surface area contributed by atoms with E-state index in [9.17, 15) is 30.8 Å². The number of benzene rings is 1. The highest BCUT2D eigenvalue weighted by Crippen LogP contribution is 2.33. The van der Waals surface area contributed by atoms with E-state index < -0.39 is 44.0 Å². The van der Waals surface area contributed by atoms with Crippen molar-refractivity contribution in [1.82, 2.24) is 9.88 Å². The SMILES string of the molecule is O=C(c1cc(F)ccc1C(F)(F)F)N1CCN(c2ncc(S(=O)(=O)O)cc2Br)CC1. The molecule has 1 fully saturated rings. The van der Waals surface area contributed by atoms with Crippen LogP contribution in [0.15, 0.2) is 39.8 Å². The zero-order valence-corrected chi connectivity index (χ0v) is 17.4. The number of halogens is 5. The molecule has 13 heteroatoms. The molecule has 1 aromatic carbocycles. The summed E-state index contributed by atoms with van der Waals surface area (Å²) in [5.41, 5.74) is -1.96. The molecule has 2 heterocycles. The lowest BCUT2D eigenvalue weighted by molar-refractivity contribution is -0.138. The Hall–Kier alpha value is -2.25. The van der Waals surface area contributed by atoms with Gasteiger partial charge in [-0.3, -0.25) is 9.35 Å². The quantitative estimate of drug-likeness (QED) is 0.502. The minimum absolute atomic E-state index is 0.0425. The molecule has 1 N–H and O–H groups in total. The van der Waals surface area contributed by atoms with E-state index in [0.29, 0.717) is 24.0 Å². The van der Waals surface area contributed by atoms with E-state index in [1.807, 2.05) is 0 Å². The van der Waals surface area contributed by atoms with E-state index >= 15 is 0 Å². The van der Waals surface area contributed by atoms with Crippen molar-refractivity contribution in [1.29, 1.82) is 0 Å². The van der Waals surface area contributed by atoms with Crippen molar-refractivity contribution in [3.8, 4) is 0 Å². The van der Waals surface area contributed by atoms with Crippen LogP contribution < -0.4 is 4.90 Å². The first kappa shape index (κ1) is 22.4. The van der Waals surface area contributed by atoms with Crippen molar-refractivity contribution in [3.05, 3.63) is 51.9 Å². The average Bonchev–Trinajstić information content (AvgIpc) is 2.66. The number of amides is 1. The van der Waals surface area contributed by atoms with Crippen LogP contribution in [0.2, 0.25) is 0 Å². The number of piperazine rings is 1. The fourth-order valence-electron chi connectivity index (χ4n) is 3.02. The van der Waals surface area contributed by atoms with E-state index in [0.717, 1.165) is 12.3 Å². The van der Waals surface area contributed by atoms with Gasteiger partial charge in [-0.2, -0.15) is 21.6 Å². The molecule has 3 rings (SSSR count).